The van der Waals surface area contributed by atoms with Gasteiger partial charge in [-0.3, -0.25) is 29.0 Å². The van der Waals surface area contributed by atoms with Gasteiger partial charge in [0.1, 0.15) is 5.41 Å². The first-order valence-corrected chi connectivity index (χ1v) is 10.3. The number of fused-ring (bicyclic) bond motifs is 2. The minimum Gasteiger partial charge on any atom is -0.395 e. The van der Waals surface area contributed by atoms with E-state index in [1.54, 1.807) is 0 Å². The number of carbonyl (C=O) groups is 4. The zero-order valence-corrected chi connectivity index (χ0v) is 17.8. The lowest BCUT2D eigenvalue weighted by atomic mass is 9.74. The number of aliphatic hydroxyl groups excluding tert-OH is 2. The van der Waals surface area contributed by atoms with Crippen molar-refractivity contribution in [2.45, 2.75) is 18.5 Å². The average molecular weight is 476 g/mol. The highest BCUT2D eigenvalue weighted by Crippen LogP contribution is 2.47. The fourth-order valence-corrected chi connectivity index (χ4v) is 4.30. The molecule has 0 radical (unpaired) electrons. The predicted molar refractivity (Wildman–Crippen MR) is 110 cm³/mol. The third-order valence-corrected chi connectivity index (χ3v) is 6.31. The Hall–Kier alpha value is -3.57. The van der Waals surface area contributed by atoms with Crippen molar-refractivity contribution in [2.24, 2.45) is 0 Å². The molecule has 2 aliphatic rings. The van der Waals surface area contributed by atoms with Crippen LogP contribution in [0.25, 0.3) is 0 Å². The van der Waals surface area contributed by atoms with Gasteiger partial charge in [0.15, 0.2) is 0 Å². The van der Waals surface area contributed by atoms with Crippen LogP contribution >= 0.6 is 0 Å². The summed E-state index contributed by atoms with van der Waals surface area (Å²) < 4.78 is 43.6. The van der Waals surface area contributed by atoms with E-state index in [1.807, 2.05) is 0 Å². The molecule has 0 atom stereocenters. The number of carbonyl (C=O) groups excluding carboxylic acids is 4. The van der Waals surface area contributed by atoms with Crippen molar-refractivity contribution in [3.8, 4) is 0 Å². The van der Waals surface area contributed by atoms with Crippen LogP contribution in [0, 0.1) is 0 Å². The number of benzene rings is 2. The second-order valence-corrected chi connectivity index (χ2v) is 8.11. The van der Waals surface area contributed by atoms with Gasteiger partial charge < -0.3 is 10.2 Å². The van der Waals surface area contributed by atoms with E-state index in [9.17, 15) is 32.3 Å². The summed E-state index contributed by atoms with van der Waals surface area (Å²) >= 11 is 0. The SMILES string of the molecule is CC(c1ccc2c(c1)C(=O)N(CCO)C2=O)(c1ccc2c(c1)C(=O)N(CCO)C2=O)C(F)(F)F. The molecule has 34 heavy (non-hydrogen) atoms. The highest BCUT2D eigenvalue weighted by molar-refractivity contribution is 6.22. The monoisotopic (exact) mass is 476 g/mol. The number of amides is 4. The Balaban J connectivity index is 1.84. The van der Waals surface area contributed by atoms with Crippen LogP contribution in [0.1, 0.15) is 59.5 Å². The Kier molecular flexibility index (Phi) is 5.57. The lowest BCUT2D eigenvalue weighted by Crippen LogP contribution is -2.41. The summed E-state index contributed by atoms with van der Waals surface area (Å²) in [4.78, 5) is 51.5. The van der Waals surface area contributed by atoms with Gasteiger partial charge in [-0.2, -0.15) is 13.2 Å². The first-order chi connectivity index (χ1) is 16.0. The van der Waals surface area contributed by atoms with E-state index in [2.05, 4.69) is 0 Å². The Morgan fingerprint density at radius 3 is 1.35 bits per heavy atom. The van der Waals surface area contributed by atoms with Gasteiger partial charge in [0.05, 0.1) is 48.6 Å². The van der Waals surface area contributed by atoms with E-state index in [0.29, 0.717) is 0 Å². The summed E-state index contributed by atoms with van der Waals surface area (Å²) in [5, 5.41) is 18.2. The number of hydrogen-bond acceptors (Lipinski definition) is 6. The normalized spacial score (nSPS) is 15.9. The van der Waals surface area contributed by atoms with E-state index in [1.165, 1.54) is 0 Å². The van der Waals surface area contributed by atoms with Crippen LogP contribution in [0.4, 0.5) is 13.2 Å². The van der Waals surface area contributed by atoms with Crippen molar-refractivity contribution in [3.63, 3.8) is 0 Å². The van der Waals surface area contributed by atoms with Gasteiger partial charge in [0, 0.05) is 0 Å². The molecule has 0 bridgehead atoms. The summed E-state index contributed by atoms with van der Waals surface area (Å²) in [6.45, 7) is -0.676. The summed E-state index contributed by atoms with van der Waals surface area (Å²) in [6, 6.07) is 6.46. The van der Waals surface area contributed by atoms with Crippen LogP contribution in [0.5, 0.6) is 0 Å². The summed E-state index contributed by atoms with van der Waals surface area (Å²) in [6.07, 6.45) is -4.89. The first kappa shape index (κ1) is 23.6. The third-order valence-electron chi connectivity index (χ3n) is 6.31. The largest absolute Gasteiger partial charge is 0.402 e. The summed E-state index contributed by atoms with van der Waals surface area (Å²) in [5.41, 5.74) is -3.94. The molecule has 178 valence electrons. The molecule has 2 aliphatic heterocycles. The van der Waals surface area contributed by atoms with Gasteiger partial charge >= 0.3 is 6.18 Å². The van der Waals surface area contributed by atoms with Crippen molar-refractivity contribution >= 4 is 23.6 Å². The number of nitrogens with zero attached hydrogens (tertiary/aromatic N) is 2. The van der Waals surface area contributed by atoms with E-state index in [4.69, 9.17) is 10.2 Å². The number of alkyl halides is 3. The molecule has 2 aromatic carbocycles. The Morgan fingerprint density at radius 1 is 0.676 bits per heavy atom. The smallest absolute Gasteiger partial charge is 0.395 e. The maximum absolute atomic E-state index is 14.5. The van der Waals surface area contributed by atoms with E-state index in [0.717, 1.165) is 53.1 Å². The molecule has 11 heteroatoms. The van der Waals surface area contributed by atoms with Crippen LogP contribution in [0.3, 0.4) is 0 Å². The molecule has 2 aromatic rings. The first-order valence-electron chi connectivity index (χ1n) is 10.3. The molecular weight excluding hydrogens is 457 g/mol. The van der Waals surface area contributed by atoms with Crippen molar-refractivity contribution in [3.05, 3.63) is 69.8 Å². The third kappa shape index (κ3) is 3.23. The molecule has 4 rings (SSSR count). The number of rotatable bonds is 6. The molecule has 0 aliphatic carbocycles. The fraction of sp³-hybridized carbons (Fsp3) is 0.304. The molecule has 0 aromatic heterocycles. The topological polar surface area (TPSA) is 115 Å². The van der Waals surface area contributed by atoms with Crippen LogP contribution in [-0.4, -0.2) is 76.1 Å². The Bertz CT molecular complexity index is 1150. The van der Waals surface area contributed by atoms with Crippen LogP contribution in [-0.2, 0) is 5.41 Å². The van der Waals surface area contributed by atoms with Gasteiger partial charge in [-0.1, -0.05) is 12.1 Å². The van der Waals surface area contributed by atoms with Gasteiger partial charge in [-0.15, -0.1) is 0 Å². The molecular formula is C23H19F3N2O6. The van der Waals surface area contributed by atoms with Crippen LogP contribution in [0.2, 0.25) is 0 Å². The van der Waals surface area contributed by atoms with Gasteiger partial charge in [0.25, 0.3) is 23.6 Å². The highest BCUT2D eigenvalue weighted by atomic mass is 19.4. The van der Waals surface area contributed by atoms with Crippen molar-refractivity contribution in [1.29, 1.82) is 0 Å². The zero-order chi connectivity index (χ0) is 25.0. The molecule has 2 N–H and O–H groups in total. The average Bonchev–Trinajstić information content (AvgIpc) is 3.18. The van der Waals surface area contributed by atoms with Crippen molar-refractivity contribution in [1.82, 2.24) is 9.80 Å². The maximum Gasteiger partial charge on any atom is 0.402 e. The molecule has 0 fully saturated rings. The number of hydrogen-bond donors (Lipinski definition) is 2. The van der Waals surface area contributed by atoms with Gasteiger partial charge in [-0.25, -0.2) is 0 Å². The van der Waals surface area contributed by atoms with Gasteiger partial charge in [0.2, 0.25) is 0 Å². The molecule has 8 nitrogen and oxygen atoms in total. The number of β-amino-alcohol motifs (C(OH)–C–C–N with tert-alkyl or cyclic N) is 2. The standard InChI is InChI=1S/C23H19F3N2O6/c1-22(23(24,25)26,12-2-4-14-16(10-12)20(33)27(6-8-29)18(14)31)13-3-5-15-17(11-13)21(34)28(7-9-30)19(15)32/h2-5,10-11,29-30H,6-9H2,1H3. The van der Waals surface area contributed by atoms with E-state index < -0.39 is 48.4 Å². The highest BCUT2D eigenvalue weighted by Gasteiger charge is 2.54. The van der Waals surface area contributed by atoms with E-state index >= 15 is 0 Å². The number of imide groups is 2. The molecule has 0 unspecified atom stereocenters. The summed E-state index contributed by atoms with van der Waals surface area (Å²) in [7, 11) is 0. The Labute approximate surface area is 191 Å². The second kappa shape index (κ2) is 8.03. The lowest BCUT2D eigenvalue weighted by molar-refractivity contribution is -0.173. The maximum atomic E-state index is 14.5. The molecule has 0 saturated carbocycles. The minimum absolute atomic E-state index is 0.0684. The van der Waals surface area contributed by atoms with Crippen molar-refractivity contribution in [2.75, 3.05) is 26.3 Å². The molecule has 0 spiro atoms. The van der Waals surface area contributed by atoms with Gasteiger partial charge in [-0.05, 0) is 42.3 Å². The number of aliphatic hydroxyl groups is 2. The fourth-order valence-electron chi connectivity index (χ4n) is 4.30. The zero-order valence-electron chi connectivity index (χ0n) is 17.8. The summed E-state index contributed by atoms with van der Waals surface area (Å²) in [5.74, 6) is -3.04. The molecule has 0 saturated heterocycles. The minimum atomic E-state index is -4.89. The second-order valence-electron chi connectivity index (χ2n) is 8.11. The van der Waals surface area contributed by atoms with Crippen molar-refractivity contribution < 1.29 is 42.6 Å². The quantitative estimate of drug-likeness (QED) is 0.614. The molecule has 2 heterocycles. The molecule has 4 amide bonds. The Morgan fingerprint density at radius 2 is 1.03 bits per heavy atom. The lowest BCUT2D eigenvalue weighted by Gasteiger charge is -2.33. The predicted octanol–water partition coefficient (Wildman–Crippen LogP) is 1.73. The van der Waals surface area contributed by atoms with Crippen LogP contribution in [0.15, 0.2) is 36.4 Å². The number of halogens is 3. The van der Waals surface area contributed by atoms with Crippen LogP contribution < -0.4 is 0 Å². The van der Waals surface area contributed by atoms with E-state index in [-0.39, 0.29) is 46.5 Å².